The maximum Gasteiger partial charge on any atom is 0.253 e. The molecule has 0 saturated carbocycles. The summed E-state index contributed by atoms with van der Waals surface area (Å²) < 4.78 is 33.2. The van der Waals surface area contributed by atoms with Crippen molar-refractivity contribution in [3.05, 3.63) is 63.9 Å². The molecule has 1 N–H and O–H groups in total. The second kappa shape index (κ2) is 8.66. The number of aryl methyl sites for hydroxylation is 1. The maximum absolute atomic E-state index is 13.1. The Bertz CT molecular complexity index is 1130. The van der Waals surface area contributed by atoms with Crippen molar-refractivity contribution in [3.8, 4) is 0 Å². The minimum absolute atomic E-state index is 0.0109. The Morgan fingerprint density at radius 1 is 1.33 bits per heavy atom. The minimum Gasteiger partial charge on any atom is -0.339 e. The summed E-state index contributed by atoms with van der Waals surface area (Å²) in [6.07, 6.45) is 1.69. The molecule has 0 spiro atoms. The van der Waals surface area contributed by atoms with Crippen molar-refractivity contribution in [1.29, 1.82) is 0 Å². The van der Waals surface area contributed by atoms with Gasteiger partial charge in [-0.3, -0.25) is 4.79 Å². The van der Waals surface area contributed by atoms with E-state index >= 15 is 0 Å². The van der Waals surface area contributed by atoms with Crippen molar-refractivity contribution in [2.24, 2.45) is 0 Å². The quantitative estimate of drug-likeness (QED) is 0.624. The number of thiophene rings is 1. The molecule has 158 valence electrons. The monoisotopic (exact) mass is 446 g/mol. The molecular weight excluding hydrogens is 424 g/mol. The molecule has 1 unspecified atom stereocenters. The standard InChI is InChI=1S/C20H22N4O4S2/c1-14-22-19(28-23-14)16-6-3-9-24(13-16)20(25)15-5-2-8-18(11-15)30(26,27)21-12-17-7-4-10-29-17/h2,4-5,7-8,10-11,16,21H,3,6,9,12-13H2,1H3. The fraction of sp³-hybridized carbons (Fsp3) is 0.350. The first-order valence-corrected chi connectivity index (χ1v) is 12.0. The molecule has 10 heteroatoms. The number of nitrogens with one attached hydrogen (secondary N) is 1. The third-order valence-electron chi connectivity index (χ3n) is 5.01. The number of benzene rings is 1. The number of sulfonamides is 1. The third-order valence-corrected chi connectivity index (χ3v) is 7.28. The highest BCUT2D eigenvalue weighted by atomic mass is 32.2. The summed E-state index contributed by atoms with van der Waals surface area (Å²) in [5.74, 6) is 0.898. The summed E-state index contributed by atoms with van der Waals surface area (Å²) in [4.78, 5) is 20.1. The second-order valence-electron chi connectivity index (χ2n) is 7.20. The first kappa shape index (κ1) is 20.7. The second-order valence-corrected chi connectivity index (χ2v) is 10.0. The van der Waals surface area contributed by atoms with Crippen LogP contribution in [0.2, 0.25) is 0 Å². The van der Waals surface area contributed by atoms with E-state index in [1.807, 2.05) is 17.5 Å². The van der Waals surface area contributed by atoms with E-state index in [-0.39, 0.29) is 23.3 Å². The van der Waals surface area contributed by atoms with Gasteiger partial charge in [-0.2, -0.15) is 4.98 Å². The lowest BCUT2D eigenvalue weighted by atomic mass is 9.97. The van der Waals surface area contributed by atoms with Gasteiger partial charge in [0.15, 0.2) is 5.82 Å². The number of carbonyl (C=O) groups excluding carboxylic acids is 1. The Morgan fingerprint density at radius 3 is 2.93 bits per heavy atom. The molecule has 1 aliphatic heterocycles. The van der Waals surface area contributed by atoms with Crippen LogP contribution in [0.25, 0.3) is 0 Å². The Labute approximate surface area is 179 Å². The first-order chi connectivity index (χ1) is 14.4. The largest absolute Gasteiger partial charge is 0.339 e. The van der Waals surface area contributed by atoms with Gasteiger partial charge in [-0.05, 0) is 49.4 Å². The van der Waals surface area contributed by atoms with Crippen LogP contribution in [-0.4, -0.2) is 42.5 Å². The van der Waals surface area contributed by atoms with Crippen LogP contribution >= 0.6 is 11.3 Å². The number of nitrogens with zero attached hydrogens (tertiary/aromatic N) is 3. The van der Waals surface area contributed by atoms with E-state index in [4.69, 9.17) is 4.52 Å². The van der Waals surface area contributed by atoms with Gasteiger partial charge in [-0.1, -0.05) is 17.3 Å². The van der Waals surface area contributed by atoms with Gasteiger partial charge in [-0.15, -0.1) is 11.3 Å². The predicted octanol–water partition coefficient (Wildman–Crippen LogP) is 2.94. The lowest BCUT2D eigenvalue weighted by molar-refractivity contribution is 0.0695. The molecule has 1 atom stereocenters. The Hall–Kier alpha value is -2.56. The summed E-state index contributed by atoms with van der Waals surface area (Å²) in [5.41, 5.74) is 0.344. The Balaban J connectivity index is 1.48. The third kappa shape index (κ3) is 4.61. The summed E-state index contributed by atoms with van der Waals surface area (Å²) in [6, 6.07) is 9.89. The zero-order valence-electron chi connectivity index (χ0n) is 16.4. The number of hydrogen-bond donors (Lipinski definition) is 1. The lowest BCUT2D eigenvalue weighted by Crippen LogP contribution is -2.39. The SMILES string of the molecule is Cc1noc(C2CCCN(C(=O)c3cccc(S(=O)(=O)NCc4cccs4)c3)C2)n1. The van der Waals surface area contributed by atoms with Gasteiger partial charge < -0.3 is 9.42 Å². The van der Waals surface area contributed by atoms with Crippen LogP contribution in [0, 0.1) is 6.92 Å². The number of aromatic nitrogens is 2. The molecule has 0 radical (unpaired) electrons. The highest BCUT2D eigenvalue weighted by Gasteiger charge is 2.29. The van der Waals surface area contributed by atoms with Gasteiger partial charge in [0.25, 0.3) is 5.91 Å². The van der Waals surface area contributed by atoms with Gasteiger partial charge in [0.2, 0.25) is 15.9 Å². The van der Waals surface area contributed by atoms with Crippen molar-refractivity contribution in [2.45, 2.75) is 37.1 Å². The fourth-order valence-electron chi connectivity index (χ4n) is 3.48. The minimum atomic E-state index is -3.72. The van der Waals surface area contributed by atoms with Crippen molar-refractivity contribution in [2.75, 3.05) is 13.1 Å². The van der Waals surface area contributed by atoms with Gasteiger partial charge >= 0.3 is 0 Å². The number of rotatable bonds is 6. The number of carbonyl (C=O) groups is 1. The summed E-state index contributed by atoms with van der Waals surface area (Å²) >= 11 is 1.48. The van der Waals surface area contributed by atoms with Gasteiger partial charge in [-0.25, -0.2) is 13.1 Å². The van der Waals surface area contributed by atoms with Crippen LogP contribution in [-0.2, 0) is 16.6 Å². The van der Waals surface area contributed by atoms with Crippen LogP contribution in [0.5, 0.6) is 0 Å². The van der Waals surface area contributed by atoms with Crippen LogP contribution in [0.15, 0.2) is 51.2 Å². The van der Waals surface area contributed by atoms with Crippen LogP contribution in [0.1, 0.15) is 45.7 Å². The zero-order chi connectivity index (χ0) is 21.1. The molecule has 30 heavy (non-hydrogen) atoms. The van der Waals surface area contributed by atoms with Crippen LogP contribution in [0.3, 0.4) is 0 Å². The summed E-state index contributed by atoms with van der Waals surface area (Å²) in [7, 11) is -3.72. The molecular formula is C20H22N4O4S2. The van der Waals surface area contributed by atoms with Crippen molar-refractivity contribution in [1.82, 2.24) is 19.8 Å². The molecule has 1 fully saturated rings. The topological polar surface area (TPSA) is 105 Å². The van der Waals surface area contributed by atoms with Gasteiger partial charge in [0, 0.05) is 30.1 Å². The van der Waals surface area contributed by atoms with Crippen molar-refractivity contribution in [3.63, 3.8) is 0 Å². The van der Waals surface area contributed by atoms with E-state index in [1.54, 1.807) is 24.0 Å². The van der Waals surface area contributed by atoms with Crippen LogP contribution in [0.4, 0.5) is 0 Å². The number of piperidine rings is 1. The maximum atomic E-state index is 13.1. The normalized spacial score (nSPS) is 17.2. The molecule has 8 nitrogen and oxygen atoms in total. The van der Waals surface area contributed by atoms with E-state index in [0.29, 0.717) is 30.4 Å². The molecule has 4 rings (SSSR count). The zero-order valence-corrected chi connectivity index (χ0v) is 18.1. The fourth-order valence-corrected chi connectivity index (χ4v) is 5.27. The van der Waals surface area contributed by atoms with E-state index < -0.39 is 10.0 Å². The molecule has 1 aliphatic rings. The van der Waals surface area contributed by atoms with Gasteiger partial charge in [0.1, 0.15) is 0 Å². The molecule has 2 aromatic heterocycles. The molecule has 0 aliphatic carbocycles. The lowest BCUT2D eigenvalue weighted by Gasteiger charge is -2.31. The van der Waals surface area contributed by atoms with E-state index in [1.165, 1.54) is 23.5 Å². The average Bonchev–Trinajstić information content (AvgIpc) is 3.44. The number of likely N-dealkylation sites (tertiary alicyclic amines) is 1. The molecule has 1 saturated heterocycles. The average molecular weight is 447 g/mol. The van der Waals surface area contributed by atoms with Crippen molar-refractivity contribution < 1.29 is 17.7 Å². The summed E-state index contributed by atoms with van der Waals surface area (Å²) in [6.45, 7) is 3.05. The molecule has 3 heterocycles. The smallest absolute Gasteiger partial charge is 0.253 e. The number of hydrogen-bond acceptors (Lipinski definition) is 7. The highest BCUT2D eigenvalue weighted by molar-refractivity contribution is 7.89. The van der Waals surface area contributed by atoms with Crippen molar-refractivity contribution >= 4 is 27.3 Å². The molecule has 1 aromatic carbocycles. The van der Waals surface area contributed by atoms with E-state index in [0.717, 1.165) is 17.7 Å². The Kier molecular flexibility index (Phi) is 5.98. The summed E-state index contributed by atoms with van der Waals surface area (Å²) in [5, 5.41) is 5.73. The molecule has 1 amide bonds. The Morgan fingerprint density at radius 2 is 2.20 bits per heavy atom. The van der Waals surface area contributed by atoms with E-state index in [2.05, 4.69) is 14.9 Å². The van der Waals surface area contributed by atoms with Crippen LogP contribution < -0.4 is 4.72 Å². The number of amides is 1. The highest BCUT2D eigenvalue weighted by Crippen LogP contribution is 2.27. The molecule has 0 bridgehead atoms. The van der Waals surface area contributed by atoms with Gasteiger partial charge in [0.05, 0.1) is 10.8 Å². The first-order valence-electron chi connectivity index (χ1n) is 9.64. The predicted molar refractivity (Wildman–Crippen MR) is 112 cm³/mol. The molecule has 3 aromatic rings. The van der Waals surface area contributed by atoms with E-state index in [9.17, 15) is 13.2 Å².